The first kappa shape index (κ1) is 9.45. The van der Waals surface area contributed by atoms with E-state index < -0.39 is 5.97 Å². The Morgan fingerprint density at radius 2 is 2.13 bits per heavy atom. The quantitative estimate of drug-likeness (QED) is 0.739. The number of fused-ring (bicyclic) bond motifs is 1. The molecule has 0 aliphatic carbocycles. The number of nitrogens with two attached hydrogens (primary N) is 1. The number of anilines is 1. The van der Waals surface area contributed by atoms with E-state index in [4.69, 9.17) is 10.8 Å². The second-order valence-corrected chi connectivity index (χ2v) is 3.42. The number of rotatable bonds is 1. The molecule has 0 saturated heterocycles. The smallest absolute Gasteiger partial charge is 0.339 e. The third-order valence-electron chi connectivity index (χ3n) is 2.23. The zero-order chi connectivity index (χ0) is 11.0. The first-order valence-electron chi connectivity index (χ1n) is 4.48. The molecule has 15 heavy (non-hydrogen) atoms. The number of carbonyl (C=O) groups is 1. The minimum absolute atomic E-state index is 0.0475. The lowest BCUT2D eigenvalue weighted by Gasteiger charge is -2.03. The Morgan fingerprint density at radius 1 is 1.40 bits per heavy atom. The minimum atomic E-state index is -1.05. The standard InChI is InChI=1S/C11H10N2O2/c1-6-2-3-7-5-8(11(14)15)10(12)13-9(7)4-6/h2-5H,1H3,(H2,12,13)(H,14,15). The Bertz CT molecular complexity index is 550. The van der Waals surface area contributed by atoms with E-state index in [9.17, 15) is 4.79 Å². The van der Waals surface area contributed by atoms with Crippen LogP contribution in [-0.2, 0) is 0 Å². The van der Waals surface area contributed by atoms with Gasteiger partial charge in [-0.05, 0) is 24.6 Å². The number of nitrogens with zero attached hydrogens (tertiary/aromatic N) is 1. The number of pyridine rings is 1. The summed E-state index contributed by atoms with van der Waals surface area (Å²) in [6.07, 6.45) is 0. The van der Waals surface area contributed by atoms with Crippen LogP contribution in [0.2, 0.25) is 0 Å². The van der Waals surface area contributed by atoms with Gasteiger partial charge in [0, 0.05) is 5.39 Å². The van der Waals surface area contributed by atoms with Crippen LogP contribution >= 0.6 is 0 Å². The predicted octanol–water partition coefficient (Wildman–Crippen LogP) is 1.82. The summed E-state index contributed by atoms with van der Waals surface area (Å²) in [4.78, 5) is 14.9. The van der Waals surface area contributed by atoms with Gasteiger partial charge in [0.1, 0.15) is 11.4 Å². The summed E-state index contributed by atoms with van der Waals surface area (Å²) < 4.78 is 0. The van der Waals surface area contributed by atoms with Gasteiger partial charge in [0.25, 0.3) is 0 Å². The van der Waals surface area contributed by atoms with Crippen LogP contribution in [0.3, 0.4) is 0 Å². The van der Waals surface area contributed by atoms with E-state index in [1.54, 1.807) is 6.07 Å². The van der Waals surface area contributed by atoms with Gasteiger partial charge in [-0.15, -0.1) is 0 Å². The highest BCUT2D eigenvalue weighted by Gasteiger charge is 2.10. The van der Waals surface area contributed by atoms with Crippen LogP contribution < -0.4 is 5.73 Å². The van der Waals surface area contributed by atoms with Gasteiger partial charge in [-0.25, -0.2) is 9.78 Å². The van der Waals surface area contributed by atoms with Crippen molar-refractivity contribution in [2.45, 2.75) is 6.92 Å². The zero-order valence-corrected chi connectivity index (χ0v) is 8.19. The average Bonchev–Trinajstić information content (AvgIpc) is 2.15. The first-order chi connectivity index (χ1) is 7.08. The van der Waals surface area contributed by atoms with Crippen LogP contribution in [0, 0.1) is 6.92 Å². The highest BCUT2D eigenvalue weighted by Crippen LogP contribution is 2.19. The van der Waals surface area contributed by atoms with Crippen molar-refractivity contribution in [3.63, 3.8) is 0 Å². The average molecular weight is 202 g/mol. The van der Waals surface area contributed by atoms with Crippen molar-refractivity contribution in [1.29, 1.82) is 0 Å². The minimum Gasteiger partial charge on any atom is -0.478 e. The van der Waals surface area contributed by atoms with Crippen molar-refractivity contribution in [3.05, 3.63) is 35.4 Å². The second-order valence-electron chi connectivity index (χ2n) is 3.42. The normalized spacial score (nSPS) is 10.5. The molecule has 0 aliphatic rings. The molecule has 0 atom stereocenters. The van der Waals surface area contributed by atoms with E-state index in [2.05, 4.69) is 4.98 Å². The van der Waals surface area contributed by atoms with Crippen molar-refractivity contribution >= 4 is 22.7 Å². The van der Waals surface area contributed by atoms with E-state index in [-0.39, 0.29) is 11.4 Å². The molecule has 0 fully saturated rings. The number of hydrogen-bond donors (Lipinski definition) is 2. The van der Waals surface area contributed by atoms with Crippen molar-refractivity contribution in [1.82, 2.24) is 4.98 Å². The van der Waals surface area contributed by atoms with Crippen LogP contribution in [-0.4, -0.2) is 16.1 Å². The summed E-state index contributed by atoms with van der Waals surface area (Å²) in [5.41, 5.74) is 7.38. The molecule has 76 valence electrons. The number of hydrogen-bond acceptors (Lipinski definition) is 3. The number of nitrogen functional groups attached to an aromatic ring is 1. The molecule has 1 aromatic carbocycles. The molecule has 3 N–H and O–H groups in total. The van der Waals surface area contributed by atoms with Gasteiger partial charge in [-0.3, -0.25) is 0 Å². The fourth-order valence-electron chi connectivity index (χ4n) is 1.46. The number of aryl methyl sites for hydroxylation is 1. The Kier molecular flexibility index (Phi) is 2.04. The maximum atomic E-state index is 10.8. The molecule has 4 nitrogen and oxygen atoms in total. The van der Waals surface area contributed by atoms with E-state index in [0.29, 0.717) is 0 Å². The Morgan fingerprint density at radius 3 is 2.80 bits per heavy atom. The number of aromatic nitrogens is 1. The lowest BCUT2D eigenvalue weighted by Crippen LogP contribution is -2.04. The maximum absolute atomic E-state index is 10.8. The summed E-state index contributed by atoms with van der Waals surface area (Å²) in [5, 5.41) is 9.64. The molecule has 1 aromatic heterocycles. The molecular formula is C11H10N2O2. The summed E-state index contributed by atoms with van der Waals surface area (Å²) in [6.45, 7) is 1.95. The molecule has 4 heteroatoms. The van der Waals surface area contributed by atoms with E-state index in [0.717, 1.165) is 16.5 Å². The molecule has 0 spiro atoms. The van der Waals surface area contributed by atoms with Gasteiger partial charge >= 0.3 is 5.97 Å². The summed E-state index contributed by atoms with van der Waals surface area (Å²) in [6, 6.07) is 7.16. The first-order valence-corrected chi connectivity index (χ1v) is 4.48. The number of carboxylic acid groups (broad SMARTS) is 1. The highest BCUT2D eigenvalue weighted by atomic mass is 16.4. The van der Waals surface area contributed by atoms with Gasteiger partial charge in [0.2, 0.25) is 0 Å². The second kappa shape index (κ2) is 3.24. The van der Waals surface area contributed by atoms with Crippen molar-refractivity contribution < 1.29 is 9.90 Å². The maximum Gasteiger partial charge on any atom is 0.339 e. The monoisotopic (exact) mass is 202 g/mol. The Labute approximate surface area is 86.4 Å². The van der Waals surface area contributed by atoms with Gasteiger partial charge < -0.3 is 10.8 Å². The fraction of sp³-hybridized carbons (Fsp3) is 0.0909. The van der Waals surface area contributed by atoms with Gasteiger partial charge in [-0.2, -0.15) is 0 Å². The van der Waals surface area contributed by atoms with Crippen LogP contribution in [0.25, 0.3) is 10.9 Å². The molecule has 0 saturated carbocycles. The van der Waals surface area contributed by atoms with Gasteiger partial charge in [-0.1, -0.05) is 12.1 Å². The summed E-state index contributed by atoms with van der Waals surface area (Å²) in [7, 11) is 0. The summed E-state index contributed by atoms with van der Waals surface area (Å²) >= 11 is 0. The lowest BCUT2D eigenvalue weighted by atomic mass is 10.1. The topological polar surface area (TPSA) is 76.2 Å². The molecule has 1 heterocycles. The zero-order valence-electron chi connectivity index (χ0n) is 8.19. The molecule has 0 unspecified atom stereocenters. The SMILES string of the molecule is Cc1ccc2cc(C(=O)O)c(N)nc2c1. The van der Waals surface area contributed by atoms with E-state index >= 15 is 0 Å². The molecule has 0 bridgehead atoms. The molecular weight excluding hydrogens is 192 g/mol. The predicted molar refractivity (Wildman–Crippen MR) is 57.9 cm³/mol. The lowest BCUT2D eigenvalue weighted by molar-refractivity contribution is 0.0698. The van der Waals surface area contributed by atoms with E-state index in [1.165, 1.54) is 0 Å². The van der Waals surface area contributed by atoms with Crippen molar-refractivity contribution in [3.8, 4) is 0 Å². The van der Waals surface area contributed by atoms with Crippen LogP contribution in [0.5, 0.6) is 0 Å². The van der Waals surface area contributed by atoms with Crippen LogP contribution in [0.4, 0.5) is 5.82 Å². The van der Waals surface area contributed by atoms with Gasteiger partial charge in [0.15, 0.2) is 0 Å². The van der Waals surface area contributed by atoms with E-state index in [1.807, 2.05) is 25.1 Å². The molecule has 0 amide bonds. The number of aromatic carboxylic acids is 1. The number of carboxylic acids is 1. The van der Waals surface area contributed by atoms with Gasteiger partial charge in [0.05, 0.1) is 5.52 Å². The van der Waals surface area contributed by atoms with Crippen molar-refractivity contribution in [2.75, 3.05) is 5.73 Å². The van der Waals surface area contributed by atoms with Crippen LogP contribution in [0.15, 0.2) is 24.3 Å². The summed E-state index contributed by atoms with van der Waals surface area (Å²) in [5.74, 6) is -0.997. The van der Waals surface area contributed by atoms with Crippen LogP contribution in [0.1, 0.15) is 15.9 Å². The Balaban J connectivity index is 2.76. The third-order valence-corrected chi connectivity index (χ3v) is 2.23. The highest BCUT2D eigenvalue weighted by molar-refractivity contribution is 5.97. The largest absolute Gasteiger partial charge is 0.478 e. The molecule has 0 radical (unpaired) electrons. The molecule has 2 aromatic rings. The number of benzene rings is 1. The molecule has 0 aliphatic heterocycles. The fourth-order valence-corrected chi connectivity index (χ4v) is 1.46. The van der Waals surface area contributed by atoms with Crippen molar-refractivity contribution in [2.24, 2.45) is 0 Å². The molecule has 2 rings (SSSR count). The Hall–Kier alpha value is -2.10. The third kappa shape index (κ3) is 1.61.